The topological polar surface area (TPSA) is 59.0 Å². The van der Waals surface area contributed by atoms with Gasteiger partial charge in [-0.05, 0) is 59.4 Å². The molecule has 1 aromatic carbocycles. The number of benzene rings is 1. The predicted octanol–water partition coefficient (Wildman–Crippen LogP) is 4.30. The van der Waals surface area contributed by atoms with Gasteiger partial charge in [0, 0.05) is 17.6 Å². The summed E-state index contributed by atoms with van der Waals surface area (Å²) in [5.41, 5.74) is 0.229. The van der Waals surface area contributed by atoms with E-state index in [0.29, 0.717) is 12.2 Å². The van der Waals surface area contributed by atoms with E-state index in [1.807, 2.05) is 56.9 Å². The van der Waals surface area contributed by atoms with Crippen LogP contribution in [0.1, 0.15) is 65.0 Å². The van der Waals surface area contributed by atoms with E-state index in [4.69, 9.17) is 9.47 Å². The first-order valence-electron chi connectivity index (χ1n) is 9.05. The Balaban J connectivity index is 2.15. The summed E-state index contributed by atoms with van der Waals surface area (Å²) in [6.07, 6.45) is 2.37. The minimum Gasteiger partial charge on any atom is -0.496 e. The van der Waals surface area contributed by atoms with Crippen LogP contribution in [0.25, 0.3) is 0 Å². The van der Waals surface area contributed by atoms with Crippen LogP contribution >= 0.6 is 0 Å². The van der Waals surface area contributed by atoms with Crippen molar-refractivity contribution in [1.29, 1.82) is 0 Å². The molecule has 1 N–H and O–H groups in total. The zero-order valence-electron chi connectivity index (χ0n) is 16.0. The van der Waals surface area contributed by atoms with E-state index in [-0.39, 0.29) is 18.2 Å². The number of carbonyl (C=O) groups is 1. The Morgan fingerprint density at radius 1 is 1.32 bits per heavy atom. The van der Waals surface area contributed by atoms with Gasteiger partial charge in [0.2, 0.25) is 0 Å². The quantitative estimate of drug-likeness (QED) is 0.880. The molecule has 0 aromatic heterocycles. The number of amides is 1. The number of hydrogen-bond acceptors (Lipinski definition) is 4. The third kappa shape index (κ3) is 5.11. The summed E-state index contributed by atoms with van der Waals surface area (Å²) in [4.78, 5) is 14.5. The van der Waals surface area contributed by atoms with E-state index in [2.05, 4.69) is 0 Å². The highest BCUT2D eigenvalue weighted by molar-refractivity contribution is 5.69. The third-order valence-corrected chi connectivity index (χ3v) is 4.63. The molecule has 1 aliphatic rings. The highest BCUT2D eigenvalue weighted by Crippen LogP contribution is 2.34. The summed E-state index contributed by atoms with van der Waals surface area (Å²) in [7, 11) is 1.60. The molecule has 0 aliphatic carbocycles. The number of rotatable bonds is 4. The van der Waals surface area contributed by atoms with Crippen LogP contribution in [-0.4, -0.2) is 40.9 Å². The standard InChI is InChI=1S/C20H31NO4/c1-14-9-8-10-15(21(14)19(23)25-20(2,3)4)13-17(22)16-11-6-7-12-18(16)24-5/h6-7,11-12,14-15,17,22H,8-10,13H2,1-5H3. The average Bonchev–Trinajstić information content (AvgIpc) is 2.53. The van der Waals surface area contributed by atoms with Gasteiger partial charge in [0.15, 0.2) is 0 Å². The summed E-state index contributed by atoms with van der Waals surface area (Å²) in [5.74, 6) is 0.669. The number of aliphatic hydroxyl groups excluding tert-OH is 1. The van der Waals surface area contributed by atoms with Gasteiger partial charge < -0.3 is 19.5 Å². The Kier molecular flexibility index (Phi) is 6.33. The Labute approximate surface area is 150 Å². The van der Waals surface area contributed by atoms with Crippen molar-refractivity contribution in [3.05, 3.63) is 29.8 Å². The van der Waals surface area contributed by atoms with Gasteiger partial charge >= 0.3 is 6.09 Å². The SMILES string of the molecule is COc1ccccc1C(O)CC1CCCC(C)N1C(=O)OC(C)(C)C. The van der Waals surface area contributed by atoms with Gasteiger partial charge in [-0.15, -0.1) is 0 Å². The summed E-state index contributed by atoms with van der Waals surface area (Å²) < 4.78 is 10.9. The molecule has 5 heteroatoms. The molecule has 0 radical (unpaired) electrons. The van der Waals surface area contributed by atoms with E-state index in [9.17, 15) is 9.90 Å². The van der Waals surface area contributed by atoms with Crippen molar-refractivity contribution in [2.24, 2.45) is 0 Å². The lowest BCUT2D eigenvalue weighted by Crippen LogP contribution is -2.51. The van der Waals surface area contributed by atoms with Crippen LogP contribution in [0.4, 0.5) is 4.79 Å². The van der Waals surface area contributed by atoms with Gasteiger partial charge in [-0.25, -0.2) is 4.79 Å². The summed E-state index contributed by atoms with van der Waals surface area (Å²) in [6.45, 7) is 7.67. The highest BCUT2D eigenvalue weighted by Gasteiger charge is 2.36. The maximum atomic E-state index is 12.7. The molecule has 1 aliphatic heterocycles. The van der Waals surface area contributed by atoms with Gasteiger partial charge in [-0.3, -0.25) is 0 Å². The molecule has 3 unspecified atom stereocenters. The maximum Gasteiger partial charge on any atom is 0.410 e. The van der Waals surface area contributed by atoms with Crippen molar-refractivity contribution in [2.75, 3.05) is 7.11 Å². The third-order valence-electron chi connectivity index (χ3n) is 4.63. The molecule has 1 aromatic rings. The summed E-state index contributed by atoms with van der Waals surface area (Å²) >= 11 is 0. The Bertz CT molecular complexity index is 581. The Morgan fingerprint density at radius 2 is 2.00 bits per heavy atom. The minimum absolute atomic E-state index is 0.0430. The first-order valence-corrected chi connectivity index (χ1v) is 9.05. The summed E-state index contributed by atoms with van der Waals surface area (Å²) in [5, 5.41) is 10.7. The number of carbonyl (C=O) groups excluding carboxylic acids is 1. The average molecular weight is 349 g/mol. The second-order valence-electron chi connectivity index (χ2n) is 7.81. The fraction of sp³-hybridized carbons (Fsp3) is 0.650. The maximum absolute atomic E-state index is 12.7. The van der Waals surface area contributed by atoms with Crippen LogP contribution in [0, 0.1) is 0 Å². The molecule has 1 amide bonds. The fourth-order valence-electron chi connectivity index (χ4n) is 3.49. The fourth-order valence-corrected chi connectivity index (χ4v) is 3.49. The van der Waals surface area contributed by atoms with Crippen LogP contribution in [0.15, 0.2) is 24.3 Å². The van der Waals surface area contributed by atoms with Crippen LogP contribution < -0.4 is 4.74 Å². The monoisotopic (exact) mass is 349 g/mol. The largest absolute Gasteiger partial charge is 0.496 e. The van der Waals surface area contributed by atoms with Gasteiger partial charge in [0.1, 0.15) is 11.4 Å². The molecule has 140 valence electrons. The molecule has 0 saturated carbocycles. The van der Waals surface area contributed by atoms with E-state index < -0.39 is 11.7 Å². The molecule has 1 saturated heterocycles. The lowest BCUT2D eigenvalue weighted by molar-refractivity contribution is -0.0113. The molecular weight excluding hydrogens is 318 g/mol. The van der Waals surface area contributed by atoms with Gasteiger partial charge in [0.05, 0.1) is 13.2 Å². The van der Waals surface area contributed by atoms with E-state index in [1.54, 1.807) is 7.11 Å². The first kappa shape index (κ1) is 19.6. The molecule has 1 heterocycles. The van der Waals surface area contributed by atoms with Crippen LogP contribution in [0.3, 0.4) is 0 Å². The van der Waals surface area contributed by atoms with E-state index >= 15 is 0 Å². The molecule has 5 nitrogen and oxygen atoms in total. The molecule has 0 bridgehead atoms. The van der Waals surface area contributed by atoms with Crippen molar-refractivity contribution < 1.29 is 19.4 Å². The number of para-hydroxylation sites is 1. The lowest BCUT2D eigenvalue weighted by atomic mass is 9.91. The summed E-state index contributed by atoms with van der Waals surface area (Å²) in [6, 6.07) is 7.54. The normalized spacial score (nSPS) is 22.4. The van der Waals surface area contributed by atoms with Crippen molar-refractivity contribution in [1.82, 2.24) is 4.90 Å². The number of piperidine rings is 1. The minimum atomic E-state index is -0.684. The number of hydrogen-bond donors (Lipinski definition) is 1. The van der Waals surface area contributed by atoms with Crippen molar-refractivity contribution in [3.63, 3.8) is 0 Å². The van der Waals surface area contributed by atoms with E-state index in [0.717, 1.165) is 24.8 Å². The molecular formula is C20H31NO4. The molecule has 0 spiro atoms. The number of ether oxygens (including phenoxy) is 2. The number of nitrogens with zero attached hydrogens (tertiary/aromatic N) is 1. The second kappa shape index (κ2) is 8.09. The van der Waals surface area contributed by atoms with Gasteiger partial charge in [-0.2, -0.15) is 0 Å². The van der Waals surface area contributed by atoms with Crippen molar-refractivity contribution in [2.45, 2.75) is 77.2 Å². The second-order valence-corrected chi connectivity index (χ2v) is 7.81. The molecule has 1 fully saturated rings. The Hall–Kier alpha value is -1.75. The zero-order chi connectivity index (χ0) is 18.6. The zero-order valence-corrected chi connectivity index (χ0v) is 16.0. The van der Waals surface area contributed by atoms with Gasteiger partial charge in [-0.1, -0.05) is 18.2 Å². The smallest absolute Gasteiger partial charge is 0.410 e. The van der Waals surface area contributed by atoms with Crippen LogP contribution in [-0.2, 0) is 4.74 Å². The van der Waals surface area contributed by atoms with Crippen molar-refractivity contribution in [3.8, 4) is 5.75 Å². The first-order chi connectivity index (χ1) is 11.7. The Morgan fingerprint density at radius 3 is 2.64 bits per heavy atom. The molecule has 25 heavy (non-hydrogen) atoms. The molecule has 3 atom stereocenters. The van der Waals surface area contributed by atoms with Gasteiger partial charge in [0.25, 0.3) is 0 Å². The number of aliphatic hydroxyl groups is 1. The van der Waals surface area contributed by atoms with Crippen LogP contribution in [0.5, 0.6) is 5.75 Å². The van der Waals surface area contributed by atoms with E-state index in [1.165, 1.54) is 0 Å². The number of methoxy groups -OCH3 is 1. The predicted molar refractivity (Wildman–Crippen MR) is 97.7 cm³/mol. The van der Waals surface area contributed by atoms with Crippen LogP contribution in [0.2, 0.25) is 0 Å². The molecule has 2 rings (SSSR count). The lowest BCUT2D eigenvalue weighted by Gasteiger charge is -2.42. The highest BCUT2D eigenvalue weighted by atomic mass is 16.6. The van der Waals surface area contributed by atoms with Crippen molar-refractivity contribution >= 4 is 6.09 Å². The number of likely N-dealkylation sites (tertiary alicyclic amines) is 1.